The molecule has 32 nitrogen and oxygen atoms in total. The van der Waals surface area contributed by atoms with Gasteiger partial charge in [-0.3, -0.25) is 14.4 Å². The summed E-state index contributed by atoms with van der Waals surface area (Å²) in [7, 11) is 3.80. The molecule has 544 valence electrons. The first-order valence-corrected chi connectivity index (χ1v) is 32.2. The van der Waals surface area contributed by atoms with E-state index < -0.39 is 109 Å². The number of aliphatic hydroxyl groups is 6. The van der Waals surface area contributed by atoms with Gasteiger partial charge in [0.15, 0.2) is 0 Å². The molecule has 11 N–H and O–H groups in total. The van der Waals surface area contributed by atoms with E-state index in [0.717, 1.165) is 69.2 Å². The summed E-state index contributed by atoms with van der Waals surface area (Å²) in [4.78, 5) is 68.1. The third-order valence-corrected chi connectivity index (χ3v) is 13.8. The van der Waals surface area contributed by atoms with Crippen LogP contribution in [0, 0.1) is 0 Å². The van der Waals surface area contributed by atoms with E-state index in [1.165, 1.54) is 33.6 Å². The van der Waals surface area contributed by atoms with Crippen LogP contribution in [0.4, 0.5) is 14.4 Å². The van der Waals surface area contributed by atoms with E-state index in [1.54, 1.807) is 0 Å². The van der Waals surface area contributed by atoms with Crippen molar-refractivity contribution in [3.8, 4) is 0 Å². The lowest BCUT2D eigenvalue weighted by Crippen LogP contribution is -2.37. The van der Waals surface area contributed by atoms with Crippen molar-refractivity contribution < 1.29 is 130 Å². The molecule has 0 radical (unpaired) electrons. The van der Waals surface area contributed by atoms with Crippen LogP contribution in [0.3, 0.4) is 0 Å². The summed E-state index contributed by atoms with van der Waals surface area (Å²) in [6, 6.07) is 7.80. The normalized spacial score (nSPS) is 20.1. The quantitative estimate of drug-likeness (QED) is 0.0234. The Balaban J connectivity index is 0.000000481. The summed E-state index contributed by atoms with van der Waals surface area (Å²) < 4.78 is 79.5. The largest absolute Gasteiger partial charge is 0.458 e. The second kappa shape index (κ2) is 53.8. The number of amides is 3. The zero-order valence-electron chi connectivity index (χ0n) is 55.6. The van der Waals surface area contributed by atoms with Gasteiger partial charge in [0.25, 0.3) is 0 Å². The third-order valence-electron chi connectivity index (χ3n) is 13.8. The molecule has 3 amide bonds. The fourth-order valence-electron chi connectivity index (χ4n) is 8.81. The average Bonchev–Trinajstić information content (AvgIpc) is 4.02. The number of carbonyl (C=O) groups excluding carboxylic acids is 6. The molecule has 3 heterocycles. The van der Waals surface area contributed by atoms with Gasteiger partial charge in [-0.05, 0) is 51.0 Å². The van der Waals surface area contributed by atoms with Crippen molar-refractivity contribution in [3.63, 3.8) is 0 Å². The van der Waals surface area contributed by atoms with Crippen LogP contribution in [0.5, 0.6) is 0 Å². The summed E-state index contributed by atoms with van der Waals surface area (Å²) in [5, 5.41) is 71.7. The van der Waals surface area contributed by atoms with Gasteiger partial charge < -0.3 is 128 Å². The van der Waals surface area contributed by atoms with Crippen LogP contribution < -0.4 is 26.6 Å². The first-order chi connectivity index (χ1) is 45.3. The van der Waals surface area contributed by atoms with Crippen molar-refractivity contribution in [1.82, 2.24) is 26.6 Å². The van der Waals surface area contributed by atoms with Gasteiger partial charge in [-0.2, -0.15) is 0 Å². The number of esters is 3. The fourth-order valence-corrected chi connectivity index (χ4v) is 8.81. The Kier molecular flexibility index (Phi) is 48.6. The van der Waals surface area contributed by atoms with E-state index in [0.29, 0.717) is 19.6 Å². The van der Waals surface area contributed by atoms with Crippen molar-refractivity contribution in [2.24, 2.45) is 0 Å². The number of rotatable bonds is 47. The highest BCUT2D eigenvalue weighted by Gasteiger charge is 2.34. The standard InChI is InChI=1S/C22H34N2O9.C20H38N2O9.C20H37NO9/c1-15(26)33-19(9-25)12-31-21-14-29-13-20(21)30-10-18(27)11-32-22(28)24-8-17-5-3-16(4-6-17)7-23-2;1-15(24)31-17(9-23)12-29-19-14-27-13-18(19)28-10-16(25)11-30-20(26)22-8-6-4-3-5-7-21-2;1-3-4-5-6-7-8-21-20(25)29-11-16(24)10-27-18-13-26-14-19(18)28-12-17(9-22)30-15(2)23/h3-6,18-21,23,25,27H,7-14H2,1-2H3,(H,24,28);16-19,21,23,25H,3-14H2,1-2H3,(H,22,26);16-19,22,24H,3-14H2,1-2H3,(H,21,25). The topological polar surface area (TPSA) is 422 Å². The maximum atomic E-state index is 11.9. The lowest BCUT2D eigenvalue weighted by molar-refractivity contribution is -0.156. The summed E-state index contributed by atoms with van der Waals surface area (Å²) in [5.41, 5.74) is 2.07. The van der Waals surface area contributed by atoms with Crippen molar-refractivity contribution in [2.75, 3.05) is 153 Å². The maximum Gasteiger partial charge on any atom is 0.407 e. The van der Waals surface area contributed by atoms with Crippen LogP contribution in [-0.4, -0.2) is 293 Å². The number of ether oxygens (including phenoxy) is 15. The van der Waals surface area contributed by atoms with E-state index in [1.807, 2.05) is 38.4 Å². The molecule has 32 heteroatoms. The molecule has 0 bridgehead atoms. The molecular weight excluding hydrogens is 1250 g/mol. The summed E-state index contributed by atoms with van der Waals surface area (Å²) >= 11 is 0. The molecule has 12 unspecified atom stereocenters. The molecule has 0 spiro atoms. The van der Waals surface area contributed by atoms with E-state index in [9.17, 15) is 59.4 Å². The van der Waals surface area contributed by atoms with Crippen molar-refractivity contribution in [2.45, 2.75) is 172 Å². The van der Waals surface area contributed by atoms with Crippen LogP contribution >= 0.6 is 0 Å². The van der Waals surface area contributed by atoms with Crippen LogP contribution in [0.15, 0.2) is 24.3 Å². The SMILES string of the molecule is CCCCCCCNC(=O)OCC(O)COC1COCC1OCC(CO)OC(C)=O.CNCCCCCCNC(=O)OCC(O)COC1COCC1OCC(CO)OC(C)=O.CNCc1ccc(CNC(=O)OCC(O)COC2COCC2OCC(CO)OC(C)=O)cc1. The van der Waals surface area contributed by atoms with Crippen molar-refractivity contribution in [1.29, 1.82) is 0 Å². The first kappa shape index (κ1) is 84.8. The van der Waals surface area contributed by atoms with E-state index in [4.69, 9.17) is 71.1 Å². The zero-order chi connectivity index (χ0) is 69.1. The molecule has 0 saturated carbocycles. The molecule has 4 rings (SSSR count). The summed E-state index contributed by atoms with van der Waals surface area (Å²) in [6.07, 6.45) is -0.00325. The summed E-state index contributed by atoms with van der Waals surface area (Å²) in [5.74, 6) is -1.52. The van der Waals surface area contributed by atoms with Gasteiger partial charge in [0.2, 0.25) is 0 Å². The number of nitrogens with one attached hydrogen (secondary N) is 5. The van der Waals surface area contributed by atoms with Gasteiger partial charge in [-0.15, -0.1) is 0 Å². The van der Waals surface area contributed by atoms with E-state index in [-0.39, 0.29) is 119 Å². The fraction of sp³-hybridized carbons (Fsp3) is 0.806. The molecular formula is C62H109N5O27. The first-order valence-electron chi connectivity index (χ1n) is 32.2. The Morgan fingerprint density at radius 1 is 0.415 bits per heavy atom. The van der Waals surface area contributed by atoms with Crippen molar-refractivity contribution >= 4 is 36.2 Å². The highest BCUT2D eigenvalue weighted by molar-refractivity contribution is 5.68. The molecule has 94 heavy (non-hydrogen) atoms. The molecule has 0 aromatic heterocycles. The lowest BCUT2D eigenvalue weighted by atomic mass is 10.1. The minimum Gasteiger partial charge on any atom is -0.458 e. The monoisotopic (exact) mass is 1360 g/mol. The molecule has 3 saturated heterocycles. The predicted octanol–water partition coefficient (Wildman–Crippen LogP) is 0.0641. The number of benzene rings is 1. The highest BCUT2D eigenvalue weighted by Crippen LogP contribution is 2.18. The molecule has 12 atom stereocenters. The number of alkyl carbamates (subject to hydrolysis) is 3. The zero-order valence-corrected chi connectivity index (χ0v) is 55.6. The number of aliphatic hydroxyl groups excluding tert-OH is 6. The van der Waals surface area contributed by atoms with Crippen LogP contribution in [0.2, 0.25) is 0 Å². The van der Waals surface area contributed by atoms with Crippen LogP contribution in [-0.2, 0) is 98.5 Å². The Labute approximate surface area is 551 Å². The molecule has 3 aliphatic rings. The minimum atomic E-state index is -1.02. The third kappa shape index (κ3) is 42.3. The van der Waals surface area contributed by atoms with E-state index >= 15 is 0 Å². The lowest BCUT2D eigenvalue weighted by Gasteiger charge is -2.22. The molecule has 1 aromatic rings. The smallest absolute Gasteiger partial charge is 0.407 e. The highest BCUT2D eigenvalue weighted by atomic mass is 16.6. The predicted molar refractivity (Wildman–Crippen MR) is 334 cm³/mol. The van der Waals surface area contributed by atoms with Gasteiger partial charge in [-0.1, -0.05) is 69.7 Å². The minimum absolute atomic E-state index is 0.00525. The van der Waals surface area contributed by atoms with Gasteiger partial charge in [-0.25, -0.2) is 14.4 Å². The van der Waals surface area contributed by atoms with Crippen LogP contribution in [0.25, 0.3) is 0 Å². The number of carbonyl (C=O) groups is 6. The Hall–Kier alpha value is -5.24. The average molecular weight is 1360 g/mol. The molecule has 3 aliphatic heterocycles. The van der Waals surface area contributed by atoms with Gasteiger partial charge >= 0.3 is 36.2 Å². The summed E-state index contributed by atoms with van der Waals surface area (Å²) in [6.45, 7) is 8.90. The Morgan fingerprint density at radius 3 is 1.01 bits per heavy atom. The van der Waals surface area contributed by atoms with E-state index in [2.05, 4.69) is 33.5 Å². The molecule has 1 aromatic carbocycles. The van der Waals surface area contributed by atoms with Gasteiger partial charge in [0, 0.05) is 47.0 Å². The molecule has 3 fully saturated rings. The van der Waals surface area contributed by atoms with Crippen molar-refractivity contribution in [3.05, 3.63) is 35.4 Å². The second-order valence-electron chi connectivity index (χ2n) is 22.3. The number of unbranched alkanes of at least 4 members (excludes halogenated alkanes) is 7. The maximum absolute atomic E-state index is 11.9. The number of hydrogen-bond donors (Lipinski definition) is 11. The molecule has 0 aliphatic carbocycles. The number of hydrogen-bond acceptors (Lipinski definition) is 29. The Bertz CT molecular complexity index is 2140. The van der Waals surface area contributed by atoms with Gasteiger partial charge in [0.05, 0.1) is 99.1 Å². The Morgan fingerprint density at radius 2 is 0.713 bits per heavy atom. The van der Waals surface area contributed by atoms with Gasteiger partial charge in [0.1, 0.15) is 93.1 Å². The second-order valence-corrected chi connectivity index (χ2v) is 22.3. The van der Waals surface area contributed by atoms with Crippen LogP contribution in [0.1, 0.15) is 96.6 Å².